The first-order valence-corrected chi connectivity index (χ1v) is 7.53. The van der Waals surface area contributed by atoms with Gasteiger partial charge in [-0.05, 0) is 37.6 Å². The van der Waals surface area contributed by atoms with E-state index in [1.54, 1.807) is 0 Å². The second kappa shape index (κ2) is 5.33. The number of fused-ring (bicyclic) bond motifs is 1. The maximum atomic E-state index is 4.70. The molecule has 21 heavy (non-hydrogen) atoms. The first-order chi connectivity index (χ1) is 10.4. The fourth-order valence-electron chi connectivity index (χ4n) is 3.24. The van der Waals surface area contributed by atoms with E-state index < -0.39 is 0 Å². The van der Waals surface area contributed by atoms with Crippen LogP contribution in [0.4, 0.5) is 0 Å². The highest BCUT2D eigenvalue weighted by atomic mass is 15.2. The number of imidazole rings is 1. The third-order valence-electron chi connectivity index (χ3n) is 4.27. The Morgan fingerprint density at radius 1 is 1.29 bits per heavy atom. The fourth-order valence-corrected chi connectivity index (χ4v) is 3.24. The van der Waals surface area contributed by atoms with Crippen molar-refractivity contribution in [2.45, 2.75) is 25.3 Å². The van der Waals surface area contributed by atoms with E-state index in [1.807, 2.05) is 24.4 Å². The number of H-pyrrole nitrogens is 1. The molecule has 0 bridgehead atoms. The smallest absolute Gasteiger partial charge is 0.137 e. The molecule has 1 unspecified atom stereocenters. The highest BCUT2D eigenvalue weighted by molar-refractivity contribution is 5.39. The van der Waals surface area contributed by atoms with E-state index in [4.69, 9.17) is 4.98 Å². The molecule has 4 heterocycles. The molecule has 1 atom stereocenters. The van der Waals surface area contributed by atoms with Crippen LogP contribution < -0.4 is 0 Å². The Morgan fingerprint density at radius 3 is 3.14 bits per heavy atom. The number of hydrogen-bond acceptors (Lipinski definition) is 3. The van der Waals surface area contributed by atoms with Gasteiger partial charge >= 0.3 is 0 Å². The van der Waals surface area contributed by atoms with E-state index in [0.717, 1.165) is 31.0 Å². The molecule has 0 amide bonds. The van der Waals surface area contributed by atoms with Gasteiger partial charge in [0.05, 0.1) is 5.69 Å². The average molecular weight is 281 g/mol. The maximum absolute atomic E-state index is 4.70. The van der Waals surface area contributed by atoms with Crippen LogP contribution in [-0.4, -0.2) is 37.6 Å². The van der Waals surface area contributed by atoms with Crippen LogP contribution in [-0.2, 0) is 6.54 Å². The van der Waals surface area contributed by atoms with Gasteiger partial charge in [0.15, 0.2) is 0 Å². The SMILES string of the molecule is c1ccn2cc(CN3CCCC(c4ccn[nH]4)C3)nc2c1. The Labute approximate surface area is 123 Å². The van der Waals surface area contributed by atoms with Crippen molar-refractivity contribution in [2.75, 3.05) is 13.1 Å². The number of nitrogens with zero attached hydrogens (tertiary/aromatic N) is 4. The van der Waals surface area contributed by atoms with Crippen LogP contribution in [0.1, 0.15) is 30.1 Å². The summed E-state index contributed by atoms with van der Waals surface area (Å²) in [5, 5.41) is 7.19. The zero-order valence-electron chi connectivity index (χ0n) is 11.9. The van der Waals surface area contributed by atoms with Crippen molar-refractivity contribution in [1.82, 2.24) is 24.5 Å². The third-order valence-corrected chi connectivity index (χ3v) is 4.27. The second-order valence-corrected chi connectivity index (χ2v) is 5.78. The molecule has 5 nitrogen and oxygen atoms in total. The van der Waals surface area contributed by atoms with Gasteiger partial charge in [0, 0.05) is 43.3 Å². The van der Waals surface area contributed by atoms with Gasteiger partial charge in [-0.1, -0.05) is 6.07 Å². The van der Waals surface area contributed by atoms with E-state index in [9.17, 15) is 0 Å². The number of aromatic nitrogens is 4. The zero-order chi connectivity index (χ0) is 14.1. The predicted molar refractivity (Wildman–Crippen MR) is 81.0 cm³/mol. The summed E-state index contributed by atoms with van der Waals surface area (Å²) in [6.45, 7) is 3.15. The van der Waals surface area contributed by atoms with Crippen molar-refractivity contribution in [3.05, 3.63) is 54.2 Å². The van der Waals surface area contributed by atoms with Crippen molar-refractivity contribution < 1.29 is 0 Å². The van der Waals surface area contributed by atoms with Crippen LogP contribution in [0, 0.1) is 0 Å². The molecule has 1 aliphatic rings. The summed E-state index contributed by atoms with van der Waals surface area (Å²) in [5.41, 5.74) is 3.43. The van der Waals surface area contributed by atoms with Crippen LogP contribution in [0.3, 0.4) is 0 Å². The largest absolute Gasteiger partial charge is 0.307 e. The van der Waals surface area contributed by atoms with Crippen molar-refractivity contribution in [2.24, 2.45) is 0 Å². The number of nitrogens with one attached hydrogen (secondary N) is 1. The van der Waals surface area contributed by atoms with Crippen LogP contribution in [0.2, 0.25) is 0 Å². The number of hydrogen-bond donors (Lipinski definition) is 1. The summed E-state index contributed by atoms with van der Waals surface area (Å²) < 4.78 is 2.09. The first-order valence-electron chi connectivity index (χ1n) is 7.53. The van der Waals surface area contributed by atoms with Crippen LogP contribution in [0.15, 0.2) is 42.9 Å². The van der Waals surface area contributed by atoms with E-state index in [0.29, 0.717) is 5.92 Å². The van der Waals surface area contributed by atoms with Crippen molar-refractivity contribution >= 4 is 5.65 Å². The molecule has 0 spiro atoms. The van der Waals surface area contributed by atoms with Gasteiger partial charge in [-0.3, -0.25) is 10.00 Å². The molecule has 0 radical (unpaired) electrons. The number of rotatable bonds is 3. The van der Waals surface area contributed by atoms with Crippen LogP contribution >= 0.6 is 0 Å². The van der Waals surface area contributed by atoms with Crippen LogP contribution in [0.5, 0.6) is 0 Å². The number of pyridine rings is 1. The lowest BCUT2D eigenvalue weighted by molar-refractivity contribution is 0.196. The average Bonchev–Trinajstić information content (AvgIpc) is 3.16. The van der Waals surface area contributed by atoms with Gasteiger partial charge in [-0.2, -0.15) is 5.10 Å². The standard InChI is InChI=1S/C16H19N5/c1-2-9-21-12-14(18-16(21)5-1)11-20-8-3-4-13(10-20)15-6-7-17-19-15/h1-2,5-7,9,12-13H,3-4,8,10-11H2,(H,17,19). The van der Waals surface area contributed by atoms with Gasteiger partial charge in [-0.15, -0.1) is 0 Å². The van der Waals surface area contributed by atoms with E-state index in [1.165, 1.54) is 18.5 Å². The van der Waals surface area contributed by atoms with E-state index in [2.05, 4.69) is 38.0 Å². The van der Waals surface area contributed by atoms with E-state index in [-0.39, 0.29) is 0 Å². The van der Waals surface area contributed by atoms with E-state index >= 15 is 0 Å². The zero-order valence-corrected chi connectivity index (χ0v) is 11.9. The lowest BCUT2D eigenvalue weighted by Crippen LogP contribution is -2.34. The molecular formula is C16H19N5. The van der Waals surface area contributed by atoms with Gasteiger partial charge in [-0.25, -0.2) is 4.98 Å². The number of piperidine rings is 1. The molecule has 3 aromatic rings. The van der Waals surface area contributed by atoms with Crippen LogP contribution in [0.25, 0.3) is 5.65 Å². The molecule has 5 heteroatoms. The summed E-state index contributed by atoms with van der Waals surface area (Å²) in [7, 11) is 0. The highest BCUT2D eigenvalue weighted by Gasteiger charge is 2.22. The Bertz CT molecular complexity index is 682. The quantitative estimate of drug-likeness (QED) is 0.802. The number of aromatic amines is 1. The Kier molecular flexibility index (Phi) is 3.20. The molecule has 1 saturated heterocycles. The van der Waals surface area contributed by atoms with Crippen molar-refractivity contribution in [3.63, 3.8) is 0 Å². The molecular weight excluding hydrogens is 262 g/mol. The minimum absolute atomic E-state index is 0.568. The molecule has 3 aromatic heterocycles. The Hall–Kier alpha value is -2.14. The molecule has 4 rings (SSSR count). The van der Waals surface area contributed by atoms with Gasteiger partial charge in [0.25, 0.3) is 0 Å². The summed E-state index contributed by atoms with van der Waals surface area (Å²) in [5.74, 6) is 0.568. The normalized spacial score (nSPS) is 20.1. The summed E-state index contributed by atoms with van der Waals surface area (Å²) >= 11 is 0. The molecule has 1 N–H and O–H groups in total. The fraction of sp³-hybridized carbons (Fsp3) is 0.375. The Balaban J connectivity index is 1.48. The molecule has 108 valence electrons. The van der Waals surface area contributed by atoms with Gasteiger partial charge in [0.2, 0.25) is 0 Å². The van der Waals surface area contributed by atoms with Crippen molar-refractivity contribution in [3.8, 4) is 0 Å². The topological polar surface area (TPSA) is 49.2 Å². The van der Waals surface area contributed by atoms with Gasteiger partial charge in [0.1, 0.15) is 5.65 Å². The van der Waals surface area contributed by atoms with Gasteiger partial charge < -0.3 is 4.40 Å². The Morgan fingerprint density at radius 2 is 2.29 bits per heavy atom. The molecule has 0 aliphatic carbocycles. The third kappa shape index (κ3) is 2.56. The monoisotopic (exact) mass is 281 g/mol. The number of likely N-dealkylation sites (tertiary alicyclic amines) is 1. The summed E-state index contributed by atoms with van der Waals surface area (Å²) in [6, 6.07) is 8.21. The predicted octanol–water partition coefficient (Wildman–Crippen LogP) is 2.44. The summed E-state index contributed by atoms with van der Waals surface area (Å²) in [4.78, 5) is 7.19. The lowest BCUT2D eigenvalue weighted by atomic mass is 9.95. The molecule has 0 saturated carbocycles. The van der Waals surface area contributed by atoms with Crippen molar-refractivity contribution in [1.29, 1.82) is 0 Å². The summed E-state index contributed by atoms with van der Waals surface area (Å²) in [6.07, 6.45) is 8.50. The maximum Gasteiger partial charge on any atom is 0.137 e. The first kappa shape index (κ1) is 12.6. The minimum Gasteiger partial charge on any atom is -0.307 e. The molecule has 1 fully saturated rings. The second-order valence-electron chi connectivity index (χ2n) is 5.78. The highest BCUT2D eigenvalue weighted by Crippen LogP contribution is 2.26. The lowest BCUT2D eigenvalue weighted by Gasteiger charge is -2.31. The molecule has 1 aliphatic heterocycles. The minimum atomic E-state index is 0.568. The molecule has 0 aromatic carbocycles.